The molecular formula is C19H13NO4. The highest BCUT2D eigenvalue weighted by Gasteiger charge is 2.25. The number of pyridine rings is 1. The van der Waals surface area contributed by atoms with E-state index in [1.54, 1.807) is 24.3 Å². The standard InChI is InChI=1S/C19H13NO4/c21-18(22)16-15(13-9-5-2-6-10-13)14(11-20-17(16)19(23)24)12-7-3-1-4-8-12/h1-11H,(H,21,22)(H,23,24). The second-order valence-corrected chi connectivity index (χ2v) is 5.11. The van der Waals surface area contributed by atoms with Crippen molar-refractivity contribution in [2.75, 3.05) is 0 Å². The van der Waals surface area contributed by atoms with Gasteiger partial charge in [0.15, 0.2) is 5.69 Å². The summed E-state index contributed by atoms with van der Waals surface area (Å²) in [6.45, 7) is 0. The predicted molar refractivity (Wildman–Crippen MR) is 89.0 cm³/mol. The molecule has 0 fully saturated rings. The van der Waals surface area contributed by atoms with Crippen molar-refractivity contribution in [2.45, 2.75) is 0 Å². The average Bonchev–Trinajstić information content (AvgIpc) is 2.61. The summed E-state index contributed by atoms with van der Waals surface area (Å²) < 4.78 is 0. The first kappa shape index (κ1) is 15.4. The second kappa shape index (κ2) is 6.34. The molecule has 1 aromatic heterocycles. The summed E-state index contributed by atoms with van der Waals surface area (Å²) in [6.07, 6.45) is 1.41. The van der Waals surface area contributed by atoms with E-state index in [-0.39, 0.29) is 5.56 Å². The van der Waals surface area contributed by atoms with Crippen molar-refractivity contribution in [1.82, 2.24) is 4.98 Å². The number of nitrogens with zero attached hydrogens (tertiary/aromatic N) is 1. The van der Waals surface area contributed by atoms with Gasteiger partial charge in [0, 0.05) is 17.3 Å². The Hall–Kier alpha value is -3.47. The molecule has 1 heterocycles. The third kappa shape index (κ3) is 2.75. The molecule has 2 aromatic carbocycles. The van der Waals surface area contributed by atoms with Crippen molar-refractivity contribution in [1.29, 1.82) is 0 Å². The maximum absolute atomic E-state index is 11.8. The first-order chi connectivity index (χ1) is 11.6. The van der Waals surface area contributed by atoms with E-state index in [1.807, 2.05) is 36.4 Å². The lowest BCUT2D eigenvalue weighted by Gasteiger charge is -2.14. The fourth-order valence-electron chi connectivity index (χ4n) is 2.62. The van der Waals surface area contributed by atoms with Crippen LogP contribution < -0.4 is 0 Å². The van der Waals surface area contributed by atoms with E-state index in [2.05, 4.69) is 4.98 Å². The summed E-state index contributed by atoms with van der Waals surface area (Å²) in [5.41, 5.74) is 1.53. The minimum Gasteiger partial charge on any atom is -0.478 e. The largest absolute Gasteiger partial charge is 0.478 e. The van der Waals surface area contributed by atoms with Crippen LogP contribution in [0.25, 0.3) is 22.3 Å². The van der Waals surface area contributed by atoms with Crippen LogP contribution in [0.2, 0.25) is 0 Å². The third-order valence-electron chi connectivity index (χ3n) is 3.64. The van der Waals surface area contributed by atoms with Gasteiger partial charge in [-0.25, -0.2) is 14.6 Å². The van der Waals surface area contributed by atoms with Gasteiger partial charge < -0.3 is 10.2 Å². The molecule has 0 radical (unpaired) electrons. The molecule has 0 aliphatic rings. The molecule has 0 saturated carbocycles. The van der Waals surface area contributed by atoms with Crippen molar-refractivity contribution in [3.63, 3.8) is 0 Å². The number of benzene rings is 2. The molecule has 0 atom stereocenters. The number of aromatic carboxylic acids is 2. The van der Waals surface area contributed by atoms with Gasteiger partial charge in [-0.15, -0.1) is 0 Å². The summed E-state index contributed by atoms with van der Waals surface area (Å²) in [7, 11) is 0. The van der Waals surface area contributed by atoms with E-state index in [0.29, 0.717) is 16.7 Å². The van der Waals surface area contributed by atoms with Gasteiger partial charge in [0.05, 0.1) is 0 Å². The van der Waals surface area contributed by atoms with Crippen LogP contribution in [0.15, 0.2) is 66.9 Å². The minimum absolute atomic E-state index is 0.310. The van der Waals surface area contributed by atoms with Crippen LogP contribution in [0.4, 0.5) is 0 Å². The van der Waals surface area contributed by atoms with Crippen molar-refractivity contribution in [3.8, 4) is 22.3 Å². The lowest BCUT2D eigenvalue weighted by atomic mass is 9.91. The van der Waals surface area contributed by atoms with E-state index >= 15 is 0 Å². The summed E-state index contributed by atoms with van der Waals surface area (Å²) in [5.74, 6) is -2.69. The number of aromatic nitrogens is 1. The van der Waals surface area contributed by atoms with Crippen LogP contribution in [0.3, 0.4) is 0 Å². The van der Waals surface area contributed by atoms with Crippen LogP contribution in [-0.4, -0.2) is 27.1 Å². The van der Waals surface area contributed by atoms with Crippen LogP contribution in [-0.2, 0) is 0 Å². The maximum Gasteiger partial charge on any atom is 0.355 e. The summed E-state index contributed by atoms with van der Waals surface area (Å²) >= 11 is 0. The third-order valence-corrected chi connectivity index (χ3v) is 3.64. The maximum atomic E-state index is 11.8. The zero-order chi connectivity index (χ0) is 17.1. The molecule has 5 heteroatoms. The lowest BCUT2D eigenvalue weighted by molar-refractivity contribution is 0.0647. The Morgan fingerprint density at radius 3 is 1.79 bits per heavy atom. The fraction of sp³-hybridized carbons (Fsp3) is 0. The molecular weight excluding hydrogens is 306 g/mol. The molecule has 24 heavy (non-hydrogen) atoms. The topological polar surface area (TPSA) is 87.5 Å². The van der Waals surface area contributed by atoms with Crippen molar-refractivity contribution in [2.24, 2.45) is 0 Å². The Morgan fingerprint density at radius 1 is 0.750 bits per heavy atom. The van der Waals surface area contributed by atoms with Crippen LogP contribution in [0.1, 0.15) is 20.8 Å². The minimum atomic E-state index is -1.37. The number of carboxylic acid groups (broad SMARTS) is 2. The van der Waals surface area contributed by atoms with Crippen LogP contribution in [0, 0.1) is 0 Å². The first-order valence-corrected chi connectivity index (χ1v) is 7.20. The number of carboxylic acids is 2. The summed E-state index contributed by atoms with van der Waals surface area (Å²) in [4.78, 5) is 27.1. The van der Waals surface area contributed by atoms with Gasteiger partial charge in [0.1, 0.15) is 5.56 Å². The van der Waals surface area contributed by atoms with E-state index < -0.39 is 17.6 Å². The Morgan fingerprint density at radius 2 is 1.29 bits per heavy atom. The van der Waals surface area contributed by atoms with E-state index in [0.717, 1.165) is 5.56 Å². The highest BCUT2D eigenvalue weighted by atomic mass is 16.4. The van der Waals surface area contributed by atoms with Crippen molar-refractivity contribution < 1.29 is 19.8 Å². The number of hydrogen-bond acceptors (Lipinski definition) is 3. The zero-order valence-electron chi connectivity index (χ0n) is 12.5. The van der Waals surface area contributed by atoms with Crippen molar-refractivity contribution in [3.05, 3.63) is 78.1 Å². The van der Waals surface area contributed by atoms with Crippen LogP contribution >= 0.6 is 0 Å². The second-order valence-electron chi connectivity index (χ2n) is 5.11. The monoisotopic (exact) mass is 319 g/mol. The van der Waals surface area contributed by atoms with Gasteiger partial charge in [-0.05, 0) is 11.1 Å². The van der Waals surface area contributed by atoms with E-state index in [9.17, 15) is 19.8 Å². The Balaban J connectivity index is 2.42. The SMILES string of the molecule is O=C(O)c1ncc(-c2ccccc2)c(-c2ccccc2)c1C(=O)O. The smallest absolute Gasteiger partial charge is 0.355 e. The lowest BCUT2D eigenvalue weighted by Crippen LogP contribution is -2.13. The average molecular weight is 319 g/mol. The van der Waals surface area contributed by atoms with E-state index in [4.69, 9.17) is 0 Å². The molecule has 0 unspecified atom stereocenters. The normalized spacial score (nSPS) is 10.3. The molecule has 0 amide bonds. The summed E-state index contributed by atoms with van der Waals surface area (Å²) in [6, 6.07) is 18.0. The molecule has 2 N–H and O–H groups in total. The zero-order valence-corrected chi connectivity index (χ0v) is 12.5. The van der Waals surface area contributed by atoms with Gasteiger partial charge in [-0.3, -0.25) is 0 Å². The molecule has 3 aromatic rings. The van der Waals surface area contributed by atoms with Gasteiger partial charge in [0.25, 0.3) is 0 Å². The van der Waals surface area contributed by atoms with Gasteiger partial charge >= 0.3 is 11.9 Å². The highest BCUT2D eigenvalue weighted by molar-refractivity contribution is 6.08. The first-order valence-electron chi connectivity index (χ1n) is 7.20. The predicted octanol–water partition coefficient (Wildman–Crippen LogP) is 3.81. The Bertz CT molecular complexity index is 905. The van der Waals surface area contributed by atoms with Gasteiger partial charge in [-0.2, -0.15) is 0 Å². The summed E-state index contributed by atoms with van der Waals surface area (Å²) in [5, 5.41) is 18.9. The fourth-order valence-corrected chi connectivity index (χ4v) is 2.62. The highest BCUT2D eigenvalue weighted by Crippen LogP contribution is 2.35. The molecule has 3 rings (SSSR count). The quantitative estimate of drug-likeness (QED) is 0.763. The molecule has 0 spiro atoms. The molecule has 0 aliphatic carbocycles. The van der Waals surface area contributed by atoms with E-state index in [1.165, 1.54) is 6.20 Å². The van der Waals surface area contributed by atoms with Crippen LogP contribution in [0.5, 0.6) is 0 Å². The number of hydrogen-bond donors (Lipinski definition) is 2. The Kier molecular flexibility index (Phi) is 4.07. The number of rotatable bonds is 4. The Labute approximate surface area is 137 Å². The van der Waals surface area contributed by atoms with Gasteiger partial charge in [0.2, 0.25) is 0 Å². The van der Waals surface area contributed by atoms with Crippen molar-refractivity contribution >= 4 is 11.9 Å². The molecule has 0 aliphatic heterocycles. The molecule has 0 saturated heterocycles. The molecule has 5 nitrogen and oxygen atoms in total. The molecule has 118 valence electrons. The number of carbonyl (C=O) groups is 2. The van der Waals surface area contributed by atoms with Gasteiger partial charge in [-0.1, -0.05) is 60.7 Å². The molecule has 0 bridgehead atoms.